The molecular formula is C14H19FN2O2S. The molecule has 0 aliphatic carbocycles. The van der Waals surface area contributed by atoms with Gasteiger partial charge in [-0.15, -0.1) is 0 Å². The van der Waals surface area contributed by atoms with Crippen LogP contribution in [-0.4, -0.2) is 32.3 Å². The van der Waals surface area contributed by atoms with Gasteiger partial charge in [-0.05, 0) is 43.0 Å². The maximum Gasteiger partial charge on any atom is 0.178 e. The Hall–Kier alpha value is -0.980. The first-order valence-electron chi connectivity index (χ1n) is 7.09. The zero-order valence-electron chi connectivity index (χ0n) is 11.3. The molecule has 6 heteroatoms. The average molecular weight is 298 g/mol. The van der Waals surface area contributed by atoms with Crippen molar-refractivity contribution in [3.63, 3.8) is 0 Å². The van der Waals surface area contributed by atoms with Gasteiger partial charge in [-0.2, -0.15) is 0 Å². The minimum atomic E-state index is -3.26. The third-order valence-corrected chi connectivity index (χ3v) is 5.87. The van der Waals surface area contributed by atoms with Crippen LogP contribution in [0.25, 0.3) is 0 Å². The molecule has 0 radical (unpaired) electrons. The van der Waals surface area contributed by atoms with Gasteiger partial charge in [0, 0.05) is 19.1 Å². The zero-order chi connectivity index (χ0) is 14.2. The van der Waals surface area contributed by atoms with Crippen LogP contribution < -0.4 is 5.43 Å². The van der Waals surface area contributed by atoms with E-state index in [1.54, 1.807) is 0 Å². The number of piperidine rings is 1. The van der Waals surface area contributed by atoms with Gasteiger partial charge < -0.3 is 0 Å². The van der Waals surface area contributed by atoms with Crippen molar-refractivity contribution in [1.29, 1.82) is 0 Å². The Labute approximate surface area is 118 Å². The third kappa shape index (κ3) is 2.73. The van der Waals surface area contributed by atoms with Gasteiger partial charge in [0.05, 0.1) is 10.6 Å². The third-order valence-electron chi connectivity index (χ3n) is 4.05. The number of rotatable bonds is 2. The Morgan fingerprint density at radius 1 is 1.20 bits per heavy atom. The van der Waals surface area contributed by atoms with Crippen molar-refractivity contribution >= 4 is 9.84 Å². The van der Waals surface area contributed by atoms with Crippen LogP contribution in [0.4, 0.5) is 4.39 Å². The van der Waals surface area contributed by atoms with Crippen molar-refractivity contribution in [2.75, 3.05) is 18.8 Å². The topological polar surface area (TPSA) is 49.4 Å². The summed E-state index contributed by atoms with van der Waals surface area (Å²) >= 11 is 0. The summed E-state index contributed by atoms with van der Waals surface area (Å²) in [6.45, 7) is 1.93. The lowest BCUT2D eigenvalue weighted by atomic mass is 10.0. The fourth-order valence-corrected chi connectivity index (χ4v) is 4.59. The molecule has 3 rings (SSSR count). The fraction of sp³-hybridized carbons (Fsp3) is 0.571. The molecule has 1 N–H and O–H groups in total. The molecule has 0 bridgehead atoms. The molecule has 2 aliphatic rings. The largest absolute Gasteiger partial charge is 0.248 e. The molecule has 0 amide bonds. The van der Waals surface area contributed by atoms with Gasteiger partial charge in [0.25, 0.3) is 0 Å². The highest BCUT2D eigenvalue weighted by Crippen LogP contribution is 2.33. The Balaban J connectivity index is 1.88. The second-order valence-corrected chi connectivity index (χ2v) is 7.60. The first kappa shape index (κ1) is 14.0. The molecule has 0 saturated carbocycles. The molecule has 1 saturated heterocycles. The van der Waals surface area contributed by atoms with E-state index in [0.29, 0.717) is 12.0 Å². The van der Waals surface area contributed by atoms with Crippen molar-refractivity contribution < 1.29 is 12.8 Å². The second kappa shape index (κ2) is 5.42. The van der Waals surface area contributed by atoms with Crippen molar-refractivity contribution in [3.05, 3.63) is 29.6 Å². The molecule has 20 heavy (non-hydrogen) atoms. The van der Waals surface area contributed by atoms with E-state index in [1.807, 2.05) is 0 Å². The summed E-state index contributed by atoms with van der Waals surface area (Å²) in [6, 6.07) is 3.86. The highest BCUT2D eigenvalue weighted by Gasteiger charge is 2.31. The molecular weight excluding hydrogens is 279 g/mol. The van der Waals surface area contributed by atoms with Crippen LogP contribution in [0.3, 0.4) is 0 Å². The van der Waals surface area contributed by atoms with Gasteiger partial charge in [0.15, 0.2) is 9.84 Å². The van der Waals surface area contributed by atoms with Crippen LogP contribution in [0.15, 0.2) is 23.1 Å². The van der Waals surface area contributed by atoms with E-state index >= 15 is 0 Å². The van der Waals surface area contributed by atoms with Gasteiger partial charge in [-0.1, -0.05) is 6.42 Å². The van der Waals surface area contributed by atoms with E-state index in [-0.39, 0.29) is 22.5 Å². The van der Waals surface area contributed by atoms with Crippen molar-refractivity contribution in [1.82, 2.24) is 10.4 Å². The molecule has 0 aromatic heterocycles. The fourth-order valence-electron chi connectivity index (χ4n) is 2.99. The number of benzene rings is 1. The van der Waals surface area contributed by atoms with Crippen LogP contribution >= 0.6 is 0 Å². The number of nitrogens with zero attached hydrogens (tertiary/aromatic N) is 1. The number of hydrogen-bond donors (Lipinski definition) is 1. The Morgan fingerprint density at radius 3 is 2.70 bits per heavy atom. The molecule has 1 unspecified atom stereocenters. The zero-order valence-corrected chi connectivity index (χ0v) is 12.1. The summed E-state index contributed by atoms with van der Waals surface area (Å²) in [4.78, 5) is 0.277. The molecule has 4 nitrogen and oxygen atoms in total. The quantitative estimate of drug-likeness (QED) is 0.849. The van der Waals surface area contributed by atoms with Gasteiger partial charge in [0.1, 0.15) is 5.82 Å². The number of nitrogens with one attached hydrogen (secondary N) is 1. The van der Waals surface area contributed by atoms with Gasteiger partial charge in [0.2, 0.25) is 0 Å². The van der Waals surface area contributed by atoms with E-state index in [2.05, 4.69) is 10.4 Å². The molecule has 2 heterocycles. The molecule has 1 fully saturated rings. The van der Waals surface area contributed by atoms with Gasteiger partial charge >= 0.3 is 0 Å². The summed E-state index contributed by atoms with van der Waals surface area (Å²) in [7, 11) is -3.26. The maximum absolute atomic E-state index is 13.5. The Kier molecular flexibility index (Phi) is 3.79. The molecule has 1 atom stereocenters. The maximum atomic E-state index is 13.5. The highest BCUT2D eigenvalue weighted by molar-refractivity contribution is 7.91. The predicted molar refractivity (Wildman–Crippen MR) is 74.4 cm³/mol. The average Bonchev–Trinajstić information content (AvgIpc) is 2.43. The standard InChI is InChI=1S/C14H19FN2O2S/c15-11-4-5-14-12(10-11)13(6-9-20(14,18)19)16-17-7-2-1-3-8-17/h4-5,10,13,16H,1-3,6-9H2. The van der Waals surface area contributed by atoms with Crippen molar-refractivity contribution in [3.8, 4) is 0 Å². The smallest absolute Gasteiger partial charge is 0.178 e. The summed E-state index contributed by atoms with van der Waals surface area (Å²) in [5.74, 6) is -0.261. The normalized spacial score (nSPS) is 26.1. The van der Waals surface area contributed by atoms with Crippen LogP contribution in [0.2, 0.25) is 0 Å². The minimum Gasteiger partial charge on any atom is -0.248 e. The summed E-state index contributed by atoms with van der Waals surface area (Å²) in [6.07, 6.45) is 4.03. The van der Waals surface area contributed by atoms with Crippen LogP contribution in [-0.2, 0) is 9.84 Å². The summed E-state index contributed by atoms with van der Waals surface area (Å²) in [5.41, 5.74) is 3.95. The SMILES string of the molecule is O=S1(=O)CCC(NN2CCCCC2)c2cc(F)ccc21. The molecule has 1 aromatic carbocycles. The number of hydrogen-bond acceptors (Lipinski definition) is 4. The minimum absolute atomic E-state index is 0.109. The number of fused-ring (bicyclic) bond motifs is 1. The van der Waals surface area contributed by atoms with Gasteiger partial charge in [-0.3, -0.25) is 0 Å². The van der Waals surface area contributed by atoms with E-state index in [9.17, 15) is 12.8 Å². The first-order valence-corrected chi connectivity index (χ1v) is 8.75. The molecule has 2 aliphatic heterocycles. The molecule has 1 aromatic rings. The Morgan fingerprint density at radius 2 is 1.95 bits per heavy atom. The van der Waals surface area contributed by atoms with Crippen LogP contribution in [0.5, 0.6) is 0 Å². The number of hydrazine groups is 1. The van der Waals surface area contributed by atoms with Crippen LogP contribution in [0.1, 0.15) is 37.3 Å². The summed E-state index contributed by atoms with van der Waals surface area (Å²) in [5, 5.41) is 2.14. The predicted octanol–water partition coefficient (Wildman–Crippen LogP) is 2.03. The number of halogens is 1. The Bertz CT molecular complexity index is 597. The van der Waals surface area contributed by atoms with Crippen molar-refractivity contribution in [2.45, 2.75) is 36.6 Å². The number of sulfone groups is 1. The summed E-state index contributed by atoms with van der Waals surface area (Å²) < 4.78 is 37.6. The molecule has 110 valence electrons. The lowest BCUT2D eigenvalue weighted by molar-refractivity contribution is 0.125. The lowest BCUT2D eigenvalue weighted by Gasteiger charge is -2.34. The highest BCUT2D eigenvalue weighted by atomic mass is 32.2. The first-order chi connectivity index (χ1) is 9.56. The second-order valence-electron chi connectivity index (χ2n) is 5.52. The van der Waals surface area contributed by atoms with E-state index in [1.165, 1.54) is 24.6 Å². The van der Waals surface area contributed by atoms with E-state index < -0.39 is 9.84 Å². The van der Waals surface area contributed by atoms with E-state index in [4.69, 9.17) is 0 Å². The monoisotopic (exact) mass is 298 g/mol. The van der Waals surface area contributed by atoms with Crippen LogP contribution in [0, 0.1) is 5.82 Å². The lowest BCUT2D eigenvalue weighted by Crippen LogP contribution is -2.45. The van der Waals surface area contributed by atoms with Crippen molar-refractivity contribution in [2.24, 2.45) is 0 Å². The molecule has 0 spiro atoms. The van der Waals surface area contributed by atoms with Gasteiger partial charge in [-0.25, -0.2) is 23.2 Å². The van der Waals surface area contributed by atoms with E-state index in [0.717, 1.165) is 25.9 Å².